The Kier molecular flexibility index (Phi) is 5.41. The van der Waals surface area contributed by atoms with Crippen LogP contribution in [0.25, 0.3) is 0 Å². The number of carbonyl (C=O) groups excluding carboxylic acids is 1. The third-order valence-corrected chi connectivity index (χ3v) is 6.04. The van der Waals surface area contributed by atoms with Gasteiger partial charge in [-0.1, -0.05) is 19.1 Å². The first-order valence-corrected chi connectivity index (χ1v) is 9.36. The van der Waals surface area contributed by atoms with Crippen molar-refractivity contribution < 1.29 is 23.1 Å². The number of carboxylic acid groups (broad SMARTS) is 1. The highest BCUT2D eigenvalue weighted by atomic mass is 32.2. The van der Waals surface area contributed by atoms with E-state index in [2.05, 4.69) is 5.32 Å². The van der Waals surface area contributed by atoms with Crippen molar-refractivity contribution in [2.75, 3.05) is 5.75 Å². The Morgan fingerprint density at radius 2 is 1.78 bits per heavy atom. The lowest BCUT2D eigenvalue weighted by atomic mass is 9.86. The van der Waals surface area contributed by atoms with Gasteiger partial charge in [0.1, 0.15) is 0 Å². The molecule has 2 rings (SSSR count). The van der Waals surface area contributed by atoms with E-state index in [1.807, 2.05) is 0 Å². The van der Waals surface area contributed by atoms with Crippen molar-refractivity contribution in [2.45, 2.75) is 43.5 Å². The molecule has 0 bridgehead atoms. The van der Waals surface area contributed by atoms with Gasteiger partial charge in [-0.15, -0.1) is 0 Å². The van der Waals surface area contributed by atoms with Crippen molar-refractivity contribution in [3.05, 3.63) is 29.8 Å². The van der Waals surface area contributed by atoms with Crippen molar-refractivity contribution in [3.63, 3.8) is 0 Å². The van der Waals surface area contributed by atoms with Gasteiger partial charge in [-0.25, -0.2) is 8.42 Å². The molecule has 0 radical (unpaired) electrons. The molecule has 0 atom stereocenters. The van der Waals surface area contributed by atoms with Crippen LogP contribution < -0.4 is 5.32 Å². The predicted octanol–water partition coefficient (Wildman–Crippen LogP) is 1.85. The fourth-order valence-corrected chi connectivity index (χ4v) is 3.92. The quantitative estimate of drug-likeness (QED) is 0.853. The first-order valence-electron chi connectivity index (χ1n) is 7.70. The van der Waals surface area contributed by atoms with E-state index < -0.39 is 21.7 Å². The second-order valence-corrected chi connectivity index (χ2v) is 8.01. The number of aliphatic carboxylic acids is 1. The molecule has 0 aromatic heterocycles. The highest BCUT2D eigenvalue weighted by Crippen LogP contribution is 2.25. The number of nitrogens with one attached hydrogen (secondary N) is 1. The summed E-state index contributed by atoms with van der Waals surface area (Å²) in [6.45, 7) is 1.54. The zero-order valence-electron chi connectivity index (χ0n) is 13.0. The first-order chi connectivity index (χ1) is 10.8. The Morgan fingerprint density at radius 3 is 2.35 bits per heavy atom. The molecule has 1 fully saturated rings. The van der Waals surface area contributed by atoms with Crippen LogP contribution in [0.2, 0.25) is 0 Å². The maximum atomic E-state index is 12.4. The van der Waals surface area contributed by atoms with Crippen molar-refractivity contribution in [1.29, 1.82) is 0 Å². The van der Waals surface area contributed by atoms with Gasteiger partial charge in [0.15, 0.2) is 9.84 Å². The van der Waals surface area contributed by atoms with Crippen LogP contribution in [0.1, 0.15) is 43.0 Å². The highest BCUT2D eigenvalue weighted by Gasteiger charge is 2.28. The zero-order chi connectivity index (χ0) is 17.0. The van der Waals surface area contributed by atoms with Crippen LogP contribution in [0.4, 0.5) is 0 Å². The number of amides is 1. The first kappa shape index (κ1) is 17.5. The van der Waals surface area contributed by atoms with E-state index in [1.165, 1.54) is 19.1 Å². The summed E-state index contributed by atoms with van der Waals surface area (Å²) in [6, 6.07) is 6.05. The monoisotopic (exact) mass is 339 g/mol. The van der Waals surface area contributed by atoms with E-state index in [0.29, 0.717) is 25.7 Å². The summed E-state index contributed by atoms with van der Waals surface area (Å²) in [5, 5.41) is 11.8. The number of benzene rings is 1. The highest BCUT2D eigenvalue weighted by molar-refractivity contribution is 7.91. The van der Waals surface area contributed by atoms with Crippen molar-refractivity contribution in [2.24, 2.45) is 5.92 Å². The maximum absolute atomic E-state index is 12.4. The summed E-state index contributed by atoms with van der Waals surface area (Å²) in [4.78, 5) is 23.4. The van der Waals surface area contributed by atoms with Gasteiger partial charge < -0.3 is 10.4 Å². The van der Waals surface area contributed by atoms with Gasteiger partial charge in [0.2, 0.25) is 0 Å². The third kappa shape index (κ3) is 4.10. The number of hydrogen-bond donors (Lipinski definition) is 2. The summed E-state index contributed by atoms with van der Waals surface area (Å²) in [6.07, 6.45) is 2.22. The van der Waals surface area contributed by atoms with E-state index in [-0.39, 0.29) is 28.2 Å². The molecule has 7 heteroatoms. The molecule has 0 heterocycles. The molecule has 6 nitrogen and oxygen atoms in total. The molecule has 1 aromatic carbocycles. The lowest BCUT2D eigenvalue weighted by Gasteiger charge is -2.27. The number of hydrogen-bond acceptors (Lipinski definition) is 4. The minimum Gasteiger partial charge on any atom is -0.481 e. The van der Waals surface area contributed by atoms with Gasteiger partial charge in [0.05, 0.1) is 22.1 Å². The fraction of sp³-hybridized carbons (Fsp3) is 0.500. The standard InChI is InChI=1S/C16H21NO5S/c1-2-23(21,22)14-6-4-3-5-13(14)15(18)17-12-9-7-11(8-10-12)16(19)20/h3-6,11-12H,2,7-10H2,1H3,(H,17,18)(H,19,20). The Bertz CT molecular complexity index is 690. The molecule has 0 spiro atoms. The molecule has 1 amide bonds. The van der Waals surface area contributed by atoms with Crippen LogP contribution in [0.15, 0.2) is 29.2 Å². The van der Waals surface area contributed by atoms with Crippen LogP contribution in [-0.2, 0) is 14.6 Å². The molecular formula is C16H21NO5S. The Labute approximate surface area is 135 Å². The molecule has 0 unspecified atom stereocenters. The average molecular weight is 339 g/mol. The van der Waals surface area contributed by atoms with Crippen LogP contribution in [-0.4, -0.2) is 37.2 Å². The Balaban J connectivity index is 2.10. The smallest absolute Gasteiger partial charge is 0.306 e. The third-order valence-electron chi connectivity index (χ3n) is 4.26. The van der Waals surface area contributed by atoms with Crippen molar-refractivity contribution >= 4 is 21.7 Å². The summed E-state index contributed by atoms with van der Waals surface area (Å²) in [5.74, 6) is -1.64. The summed E-state index contributed by atoms with van der Waals surface area (Å²) >= 11 is 0. The number of carbonyl (C=O) groups is 2. The maximum Gasteiger partial charge on any atom is 0.306 e. The van der Waals surface area contributed by atoms with E-state index >= 15 is 0 Å². The molecule has 0 aliphatic heterocycles. The van der Waals surface area contributed by atoms with Gasteiger partial charge in [0, 0.05) is 6.04 Å². The van der Waals surface area contributed by atoms with Crippen LogP contribution in [0.3, 0.4) is 0 Å². The van der Waals surface area contributed by atoms with E-state index in [1.54, 1.807) is 12.1 Å². The molecule has 1 aromatic rings. The summed E-state index contributed by atoms with van der Waals surface area (Å²) < 4.78 is 24.2. The number of rotatable bonds is 5. The molecule has 23 heavy (non-hydrogen) atoms. The zero-order valence-corrected chi connectivity index (χ0v) is 13.8. The topological polar surface area (TPSA) is 101 Å². The van der Waals surface area contributed by atoms with E-state index in [9.17, 15) is 18.0 Å². The lowest BCUT2D eigenvalue weighted by molar-refractivity contribution is -0.142. The average Bonchev–Trinajstić information content (AvgIpc) is 2.55. The fourth-order valence-electron chi connectivity index (χ4n) is 2.83. The second-order valence-electron chi connectivity index (χ2n) is 5.76. The molecule has 1 aliphatic rings. The van der Waals surface area contributed by atoms with Gasteiger partial charge in [-0.2, -0.15) is 0 Å². The Hall–Kier alpha value is -1.89. The van der Waals surface area contributed by atoms with Crippen LogP contribution >= 0.6 is 0 Å². The van der Waals surface area contributed by atoms with Crippen LogP contribution in [0, 0.1) is 5.92 Å². The Morgan fingerprint density at radius 1 is 1.17 bits per heavy atom. The van der Waals surface area contributed by atoms with Gasteiger partial charge in [-0.3, -0.25) is 9.59 Å². The van der Waals surface area contributed by atoms with Gasteiger partial charge in [-0.05, 0) is 37.8 Å². The van der Waals surface area contributed by atoms with Crippen LogP contribution in [0.5, 0.6) is 0 Å². The normalized spacial score (nSPS) is 21.6. The summed E-state index contributed by atoms with van der Waals surface area (Å²) in [5.41, 5.74) is 0.148. The minimum absolute atomic E-state index is 0.0409. The molecular weight excluding hydrogens is 318 g/mol. The molecule has 2 N–H and O–H groups in total. The van der Waals surface area contributed by atoms with E-state index in [0.717, 1.165) is 0 Å². The lowest BCUT2D eigenvalue weighted by Crippen LogP contribution is -2.39. The van der Waals surface area contributed by atoms with E-state index in [4.69, 9.17) is 5.11 Å². The second kappa shape index (κ2) is 7.12. The minimum atomic E-state index is -3.47. The van der Waals surface area contributed by atoms with Crippen molar-refractivity contribution in [3.8, 4) is 0 Å². The molecule has 1 saturated carbocycles. The molecule has 126 valence electrons. The molecule has 0 saturated heterocycles. The number of carboxylic acids is 1. The van der Waals surface area contributed by atoms with Crippen molar-refractivity contribution in [1.82, 2.24) is 5.32 Å². The SMILES string of the molecule is CCS(=O)(=O)c1ccccc1C(=O)NC1CCC(C(=O)O)CC1. The van der Waals surface area contributed by atoms with Gasteiger partial charge in [0.25, 0.3) is 5.91 Å². The predicted molar refractivity (Wildman–Crippen MR) is 85.0 cm³/mol. The van der Waals surface area contributed by atoms with Gasteiger partial charge >= 0.3 is 5.97 Å². The summed E-state index contributed by atoms with van der Waals surface area (Å²) in [7, 11) is -3.47. The largest absolute Gasteiger partial charge is 0.481 e. The molecule has 1 aliphatic carbocycles. The number of sulfone groups is 1.